The summed E-state index contributed by atoms with van der Waals surface area (Å²) < 4.78 is 1.17. The van der Waals surface area contributed by atoms with Gasteiger partial charge >= 0.3 is 0 Å². The zero-order valence-corrected chi connectivity index (χ0v) is 12.4. The average molecular weight is 294 g/mol. The third-order valence-corrected chi connectivity index (χ3v) is 3.67. The van der Waals surface area contributed by atoms with Gasteiger partial charge in [0.15, 0.2) is 0 Å². The highest BCUT2D eigenvalue weighted by Gasteiger charge is 2.12. The van der Waals surface area contributed by atoms with E-state index in [1.165, 1.54) is 15.6 Å². The lowest BCUT2D eigenvalue weighted by atomic mass is 9.99. The van der Waals surface area contributed by atoms with Crippen molar-refractivity contribution in [1.82, 2.24) is 5.32 Å². The second kappa shape index (κ2) is 7.53. The molecule has 0 aliphatic rings. The molecule has 0 radical (unpaired) electrons. The van der Waals surface area contributed by atoms with Gasteiger partial charge in [-0.25, -0.2) is 0 Å². The first-order valence-electron chi connectivity index (χ1n) is 6.08. The Morgan fingerprint density at radius 1 is 1.41 bits per heavy atom. The first-order chi connectivity index (χ1) is 8.20. The highest BCUT2D eigenvalue weighted by molar-refractivity contribution is 9.10. The molecule has 0 heterocycles. The summed E-state index contributed by atoms with van der Waals surface area (Å²) in [4.78, 5) is 0. The Kier molecular flexibility index (Phi) is 6.32. The second-order valence-electron chi connectivity index (χ2n) is 4.09. The van der Waals surface area contributed by atoms with Gasteiger partial charge in [0.1, 0.15) is 0 Å². The predicted octanol–water partition coefficient (Wildman–Crippen LogP) is 4.21. The molecule has 1 aromatic carbocycles. The van der Waals surface area contributed by atoms with Gasteiger partial charge < -0.3 is 5.32 Å². The van der Waals surface area contributed by atoms with Gasteiger partial charge in [-0.1, -0.05) is 35.0 Å². The van der Waals surface area contributed by atoms with Crippen molar-refractivity contribution in [2.75, 3.05) is 6.54 Å². The molecule has 0 aliphatic heterocycles. The summed E-state index contributed by atoms with van der Waals surface area (Å²) >= 11 is 3.59. The van der Waals surface area contributed by atoms with Crippen molar-refractivity contribution in [2.45, 2.75) is 39.7 Å². The van der Waals surface area contributed by atoms with Crippen LogP contribution in [0.25, 0.3) is 0 Å². The molecule has 0 saturated carbocycles. The first kappa shape index (κ1) is 14.3. The van der Waals surface area contributed by atoms with E-state index < -0.39 is 0 Å². The molecule has 0 amide bonds. The zero-order valence-electron chi connectivity index (χ0n) is 10.8. The maximum Gasteiger partial charge on any atom is 0.0433 e. The summed E-state index contributed by atoms with van der Waals surface area (Å²) in [6.45, 7) is 7.26. The molecule has 92 valence electrons. The van der Waals surface area contributed by atoms with Crippen LogP contribution >= 0.6 is 15.9 Å². The van der Waals surface area contributed by atoms with Crippen molar-refractivity contribution < 1.29 is 0 Å². The molecule has 2 heteroatoms. The van der Waals surface area contributed by atoms with E-state index >= 15 is 0 Å². The Morgan fingerprint density at radius 3 is 2.82 bits per heavy atom. The van der Waals surface area contributed by atoms with Crippen LogP contribution in [0.2, 0.25) is 0 Å². The normalized spacial score (nSPS) is 11.8. The van der Waals surface area contributed by atoms with Gasteiger partial charge in [0.2, 0.25) is 0 Å². The fourth-order valence-corrected chi connectivity index (χ4v) is 2.20. The zero-order chi connectivity index (χ0) is 12.7. The molecule has 1 atom stereocenters. The topological polar surface area (TPSA) is 12.0 Å². The van der Waals surface area contributed by atoms with Gasteiger partial charge in [0.05, 0.1) is 0 Å². The van der Waals surface area contributed by atoms with Crippen molar-refractivity contribution >= 4 is 15.9 Å². The van der Waals surface area contributed by atoms with Crippen LogP contribution in [0, 0.1) is 18.8 Å². The SMILES string of the molecule is CC#CCC(NCCC)c1cccc(Br)c1C. The minimum Gasteiger partial charge on any atom is -0.309 e. The summed E-state index contributed by atoms with van der Waals surface area (Å²) in [6, 6.07) is 6.69. The average Bonchev–Trinajstić information content (AvgIpc) is 2.34. The summed E-state index contributed by atoms with van der Waals surface area (Å²) in [6.07, 6.45) is 2.01. The highest BCUT2D eigenvalue weighted by Crippen LogP contribution is 2.26. The summed E-state index contributed by atoms with van der Waals surface area (Å²) in [5.41, 5.74) is 2.65. The lowest BCUT2D eigenvalue weighted by molar-refractivity contribution is 0.540. The maximum atomic E-state index is 3.59. The monoisotopic (exact) mass is 293 g/mol. The van der Waals surface area contributed by atoms with Crippen molar-refractivity contribution in [3.05, 3.63) is 33.8 Å². The van der Waals surface area contributed by atoms with E-state index in [1.807, 2.05) is 6.92 Å². The van der Waals surface area contributed by atoms with E-state index in [1.54, 1.807) is 0 Å². The van der Waals surface area contributed by atoms with Gasteiger partial charge in [0, 0.05) is 16.9 Å². The molecule has 0 saturated heterocycles. The van der Waals surface area contributed by atoms with E-state index in [4.69, 9.17) is 0 Å². The van der Waals surface area contributed by atoms with E-state index in [0.29, 0.717) is 6.04 Å². The van der Waals surface area contributed by atoms with Crippen LogP contribution in [-0.4, -0.2) is 6.54 Å². The quantitative estimate of drug-likeness (QED) is 0.802. The van der Waals surface area contributed by atoms with Crippen molar-refractivity contribution in [2.24, 2.45) is 0 Å². The summed E-state index contributed by atoms with van der Waals surface area (Å²) in [7, 11) is 0. The van der Waals surface area contributed by atoms with E-state index in [2.05, 4.69) is 65.1 Å². The van der Waals surface area contributed by atoms with Gasteiger partial charge in [-0.05, 0) is 44.0 Å². The summed E-state index contributed by atoms with van der Waals surface area (Å²) in [5.74, 6) is 6.15. The van der Waals surface area contributed by atoms with Gasteiger partial charge in [-0.3, -0.25) is 0 Å². The van der Waals surface area contributed by atoms with Gasteiger partial charge in [0.25, 0.3) is 0 Å². The third kappa shape index (κ3) is 4.18. The third-order valence-electron chi connectivity index (χ3n) is 2.81. The molecule has 0 aromatic heterocycles. The number of nitrogens with one attached hydrogen (secondary N) is 1. The van der Waals surface area contributed by atoms with Crippen molar-refractivity contribution in [1.29, 1.82) is 0 Å². The number of halogens is 1. The lowest BCUT2D eigenvalue weighted by Crippen LogP contribution is -2.22. The molecular weight excluding hydrogens is 274 g/mol. The largest absolute Gasteiger partial charge is 0.309 e. The van der Waals surface area contributed by atoms with Crippen LogP contribution < -0.4 is 5.32 Å². The molecular formula is C15H20BrN. The van der Waals surface area contributed by atoms with Crippen molar-refractivity contribution in [3.63, 3.8) is 0 Å². The second-order valence-corrected chi connectivity index (χ2v) is 4.95. The molecule has 1 N–H and O–H groups in total. The van der Waals surface area contributed by atoms with Gasteiger partial charge in [-0.15, -0.1) is 11.8 Å². The fraction of sp³-hybridized carbons (Fsp3) is 0.467. The Labute approximate surface area is 113 Å². The number of benzene rings is 1. The van der Waals surface area contributed by atoms with Crippen LogP contribution in [0.3, 0.4) is 0 Å². The maximum absolute atomic E-state index is 3.59. The predicted molar refractivity (Wildman–Crippen MR) is 78.0 cm³/mol. The minimum atomic E-state index is 0.333. The molecule has 17 heavy (non-hydrogen) atoms. The van der Waals surface area contributed by atoms with Crippen LogP contribution in [0.1, 0.15) is 43.9 Å². The standard InChI is InChI=1S/C15H20BrN/c1-4-6-10-15(17-11-5-2)13-8-7-9-14(16)12(13)3/h7-9,15,17H,5,10-11H2,1-3H3. The van der Waals surface area contributed by atoms with E-state index in [-0.39, 0.29) is 0 Å². The number of rotatable bonds is 5. The molecule has 0 bridgehead atoms. The molecule has 1 aromatic rings. The van der Waals surface area contributed by atoms with E-state index in [9.17, 15) is 0 Å². The molecule has 0 spiro atoms. The van der Waals surface area contributed by atoms with Crippen LogP contribution in [0.15, 0.2) is 22.7 Å². The molecule has 0 aliphatic carbocycles. The Hall–Kier alpha value is -0.780. The number of hydrogen-bond donors (Lipinski definition) is 1. The van der Waals surface area contributed by atoms with Gasteiger partial charge in [-0.2, -0.15) is 0 Å². The van der Waals surface area contributed by atoms with Crippen LogP contribution in [0.5, 0.6) is 0 Å². The first-order valence-corrected chi connectivity index (χ1v) is 6.88. The highest BCUT2D eigenvalue weighted by atomic mass is 79.9. The van der Waals surface area contributed by atoms with Crippen molar-refractivity contribution in [3.8, 4) is 11.8 Å². The minimum absolute atomic E-state index is 0.333. The fourth-order valence-electron chi connectivity index (χ4n) is 1.82. The number of hydrogen-bond acceptors (Lipinski definition) is 1. The lowest BCUT2D eigenvalue weighted by Gasteiger charge is -2.19. The van der Waals surface area contributed by atoms with E-state index in [0.717, 1.165) is 19.4 Å². The molecule has 0 fully saturated rings. The summed E-state index contributed by atoms with van der Waals surface area (Å²) in [5, 5.41) is 3.57. The smallest absolute Gasteiger partial charge is 0.0433 e. The molecule has 1 nitrogen and oxygen atoms in total. The van der Waals surface area contributed by atoms with Crippen LogP contribution in [-0.2, 0) is 0 Å². The Balaban J connectivity index is 2.93. The molecule has 1 rings (SSSR count). The van der Waals surface area contributed by atoms with Crippen LogP contribution in [0.4, 0.5) is 0 Å². The Bertz CT molecular complexity index is 415. The Morgan fingerprint density at radius 2 is 2.18 bits per heavy atom. The molecule has 1 unspecified atom stereocenters.